The third-order valence-corrected chi connectivity index (χ3v) is 3.53. The number of nitrogens with zero attached hydrogens (tertiary/aromatic N) is 2. The Hall–Kier alpha value is -2.35. The molecule has 0 bridgehead atoms. The van der Waals surface area contributed by atoms with Crippen LogP contribution in [0.15, 0.2) is 48.3 Å². The summed E-state index contributed by atoms with van der Waals surface area (Å²) in [5.74, 6) is -0.461. The van der Waals surface area contributed by atoms with Gasteiger partial charge in [-0.25, -0.2) is 0 Å². The smallest absolute Gasteiger partial charge is 0.262 e. The number of pyridine rings is 1. The van der Waals surface area contributed by atoms with Crippen LogP contribution in [-0.2, 0) is 11.3 Å². The monoisotopic (exact) mass is 331 g/mol. The second kappa shape index (κ2) is 7.60. The molecule has 0 unspecified atom stereocenters. The van der Waals surface area contributed by atoms with Gasteiger partial charge in [-0.3, -0.25) is 9.78 Å². The molecule has 0 fully saturated rings. The molecule has 1 aromatic heterocycles. The highest BCUT2D eigenvalue weighted by atomic mass is 35.5. The largest absolute Gasteiger partial charge is 0.347 e. The number of amides is 1. The Labute approximate surface area is 138 Å². The first-order valence-electron chi connectivity index (χ1n) is 6.34. The lowest BCUT2D eigenvalue weighted by Gasteiger charge is -2.04. The van der Waals surface area contributed by atoms with Crippen molar-refractivity contribution in [2.45, 2.75) is 6.54 Å². The maximum absolute atomic E-state index is 12.0. The van der Waals surface area contributed by atoms with Gasteiger partial charge in [0.1, 0.15) is 11.6 Å². The van der Waals surface area contributed by atoms with Crippen LogP contribution >= 0.6 is 23.2 Å². The molecule has 1 N–H and O–H groups in total. The van der Waals surface area contributed by atoms with E-state index in [0.29, 0.717) is 22.2 Å². The predicted molar refractivity (Wildman–Crippen MR) is 86.1 cm³/mol. The summed E-state index contributed by atoms with van der Waals surface area (Å²) < 4.78 is 0. The minimum absolute atomic E-state index is 0.0118. The lowest BCUT2D eigenvalue weighted by atomic mass is 10.1. The van der Waals surface area contributed by atoms with Crippen molar-refractivity contribution in [2.75, 3.05) is 0 Å². The molecule has 0 saturated heterocycles. The van der Waals surface area contributed by atoms with Crippen LogP contribution in [0.1, 0.15) is 11.1 Å². The summed E-state index contributed by atoms with van der Waals surface area (Å²) in [6, 6.07) is 10.4. The van der Waals surface area contributed by atoms with Crippen molar-refractivity contribution < 1.29 is 4.79 Å². The van der Waals surface area contributed by atoms with Crippen molar-refractivity contribution in [1.82, 2.24) is 10.3 Å². The SMILES string of the molecule is N#C/C(=C\c1ccc(Cl)c(Cl)c1)C(=O)NCc1cccnc1. The molecule has 0 aliphatic heterocycles. The molecule has 0 spiro atoms. The third-order valence-electron chi connectivity index (χ3n) is 2.80. The summed E-state index contributed by atoms with van der Waals surface area (Å²) in [5.41, 5.74) is 1.47. The van der Waals surface area contributed by atoms with Gasteiger partial charge in [0.15, 0.2) is 0 Å². The van der Waals surface area contributed by atoms with Gasteiger partial charge in [0.2, 0.25) is 0 Å². The molecule has 110 valence electrons. The van der Waals surface area contributed by atoms with Crippen molar-refractivity contribution in [3.63, 3.8) is 0 Å². The zero-order valence-electron chi connectivity index (χ0n) is 11.4. The Kier molecular flexibility index (Phi) is 5.54. The summed E-state index contributed by atoms with van der Waals surface area (Å²) in [6.07, 6.45) is 4.76. The van der Waals surface area contributed by atoms with E-state index >= 15 is 0 Å². The quantitative estimate of drug-likeness (QED) is 0.687. The highest BCUT2D eigenvalue weighted by Gasteiger charge is 2.09. The molecule has 22 heavy (non-hydrogen) atoms. The molecule has 1 heterocycles. The highest BCUT2D eigenvalue weighted by molar-refractivity contribution is 6.42. The van der Waals surface area contributed by atoms with Gasteiger partial charge in [0.05, 0.1) is 10.0 Å². The minimum Gasteiger partial charge on any atom is -0.347 e. The fraction of sp³-hybridized carbons (Fsp3) is 0.0625. The first-order chi connectivity index (χ1) is 10.6. The maximum atomic E-state index is 12.0. The molecule has 1 aromatic carbocycles. The average Bonchev–Trinajstić information content (AvgIpc) is 2.54. The van der Waals surface area contributed by atoms with Gasteiger partial charge in [-0.05, 0) is 35.4 Å². The van der Waals surface area contributed by atoms with Crippen LogP contribution in [0.2, 0.25) is 10.0 Å². The van der Waals surface area contributed by atoms with E-state index in [1.165, 1.54) is 6.08 Å². The van der Waals surface area contributed by atoms with E-state index in [1.54, 1.807) is 36.7 Å². The molecule has 6 heteroatoms. The van der Waals surface area contributed by atoms with Gasteiger partial charge in [0, 0.05) is 18.9 Å². The first kappa shape index (κ1) is 16.0. The summed E-state index contributed by atoms with van der Waals surface area (Å²) in [5, 5.41) is 12.6. The van der Waals surface area contributed by atoms with Crippen molar-refractivity contribution in [2.24, 2.45) is 0 Å². The number of halogens is 2. The number of carbonyl (C=O) groups is 1. The van der Waals surface area contributed by atoms with Crippen LogP contribution < -0.4 is 5.32 Å². The molecular formula is C16H11Cl2N3O. The molecule has 0 aliphatic rings. The summed E-state index contributed by atoms with van der Waals surface area (Å²) >= 11 is 11.7. The van der Waals surface area contributed by atoms with Crippen molar-refractivity contribution in [3.8, 4) is 6.07 Å². The number of aromatic nitrogens is 1. The number of carbonyl (C=O) groups excluding carboxylic acids is 1. The topological polar surface area (TPSA) is 65.8 Å². The first-order valence-corrected chi connectivity index (χ1v) is 7.09. The number of nitrogens with one attached hydrogen (secondary N) is 1. The molecule has 4 nitrogen and oxygen atoms in total. The normalized spacial score (nSPS) is 10.9. The molecule has 0 saturated carbocycles. The fourth-order valence-corrected chi connectivity index (χ4v) is 2.00. The Bertz CT molecular complexity index is 752. The van der Waals surface area contributed by atoms with Crippen molar-refractivity contribution in [1.29, 1.82) is 5.26 Å². The van der Waals surface area contributed by atoms with Gasteiger partial charge in [-0.2, -0.15) is 5.26 Å². The van der Waals surface area contributed by atoms with Crippen LogP contribution in [0.4, 0.5) is 0 Å². The Morgan fingerprint density at radius 3 is 2.77 bits per heavy atom. The average molecular weight is 332 g/mol. The lowest BCUT2D eigenvalue weighted by molar-refractivity contribution is -0.117. The van der Waals surface area contributed by atoms with Gasteiger partial charge in [-0.1, -0.05) is 35.3 Å². The van der Waals surface area contributed by atoms with Crippen molar-refractivity contribution >= 4 is 35.2 Å². The minimum atomic E-state index is -0.461. The van der Waals surface area contributed by atoms with Gasteiger partial charge < -0.3 is 5.32 Å². The second-order valence-electron chi connectivity index (χ2n) is 4.39. The Morgan fingerprint density at radius 1 is 1.32 bits per heavy atom. The second-order valence-corrected chi connectivity index (χ2v) is 5.20. The summed E-state index contributed by atoms with van der Waals surface area (Å²) in [6.45, 7) is 0.299. The van der Waals surface area contributed by atoms with Crippen LogP contribution in [-0.4, -0.2) is 10.9 Å². The van der Waals surface area contributed by atoms with Crippen LogP contribution in [0.3, 0.4) is 0 Å². The molecule has 2 rings (SSSR count). The van der Waals surface area contributed by atoms with E-state index in [1.807, 2.05) is 12.1 Å². The van der Waals surface area contributed by atoms with E-state index in [-0.39, 0.29) is 5.57 Å². The van der Waals surface area contributed by atoms with Crippen molar-refractivity contribution in [3.05, 3.63) is 69.5 Å². The molecule has 0 radical (unpaired) electrons. The molecule has 2 aromatic rings. The van der Waals surface area contributed by atoms with Crippen LogP contribution in [0.5, 0.6) is 0 Å². The molecule has 0 atom stereocenters. The van der Waals surface area contributed by atoms with Gasteiger partial charge in [-0.15, -0.1) is 0 Å². The van der Waals surface area contributed by atoms with Crippen LogP contribution in [0, 0.1) is 11.3 Å². The van der Waals surface area contributed by atoms with E-state index in [4.69, 9.17) is 28.5 Å². The molecule has 1 amide bonds. The third kappa shape index (κ3) is 4.32. The Balaban J connectivity index is 2.10. The van der Waals surface area contributed by atoms with Crippen LogP contribution in [0.25, 0.3) is 6.08 Å². The number of hydrogen-bond acceptors (Lipinski definition) is 3. The zero-order chi connectivity index (χ0) is 15.9. The fourth-order valence-electron chi connectivity index (χ4n) is 1.70. The van der Waals surface area contributed by atoms with E-state index < -0.39 is 5.91 Å². The Morgan fingerprint density at radius 2 is 2.14 bits per heavy atom. The van der Waals surface area contributed by atoms with E-state index in [9.17, 15) is 4.79 Å². The predicted octanol–water partition coefficient (Wildman–Crippen LogP) is 3.61. The maximum Gasteiger partial charge on any atom is 0.262 e. The van der Waals surface area contributed by atoms with E-state index in [0.717, 1.165) is 5.56 Å². The number of rotatable bonds is 4. The zero-order valence-corrected chi connectivity index (χ0v) is 12.9. The van der Waals surface area contributed by atoms with Gasteiger partial charge >= 0.3 is 0 Å². The van der Waals surface area contributed by atoms with E-state index in [2.05, 4.69) is 10.3 Å². The molecule has 0 aliphatic carbocycles. The molecular weight excluding hydrogens is 321 g/mol. The lowest BCUT2D eigenvalue weighted by Crippen LogP contribution is -2.23. The summed E-state index contributed by atoms with van der Waals surface area (Å²) in [4.78, 5) is 16.0. The summed E-state index contributed by atoms with van der Waals surface area (Å²) in [7, 11) is 0. The number of nitriles is 1. The highest BCUT2D eigenvalue weighted by Crippen LogP contribution is 2.23. The number of hydrogen-bond donors (Lipinski definition) is 1. The van der Waals surface area contributed by atoms with Gasteiger partial charge in [0.25, 0.3) is 5.91 Å². The standard InChI is InChI=1S/C16H11Cl2N3O/c17-14-4-3-11(7-15(14)18)6-13(8-19)16(22)21-10-12-2-1-5-20-9-12/h1-7,9H,10H2,(H,21,22)/b13-6+. The number of benzene rings is 1.